The fraction of sp³-hybridized carbons (Fsp3) is 0.647. The molecule has 1 aromatic heterocycles. The molecule has 0 unspecified atom stereocenters. The highest BCUT2D eigenvalue weighted by molar-refractivity contribution is 7.98. The van der Waals surface area contributed by atoms with Crippen molar-refractivity contribution in [1.29, 1.82) is 0 Å². The summed E-state index contributed by atoms with van der Waals surface area (Å²) in [5.41, 5.74) is 0.0700. The molecule has 5 nitrogen and oxygen atoms in total. The van der Waals surface area contributed by atoms with E-state index in [0.29, 0.717) is 0 Å². The van der Waals surface area contributed by atoms with E-state index in [1.165, 1.54) is 12.2 Å². The molecule has 0 aliphatic heterocycles. The molecule has 0 amide bonds. The summed E-state index contributed by atoms with van der Waals surface area (Å²) in [4.78, 5) is 16.2. The number of rotatable bonds is 11. The number of hydrogen-bond acceptors (Lipinski definition) is 3. The summed E-state index contributed by atoms with van der Waals surface area (Å²) in [5.74, 6) is 2.10. The van der Waals surface area contributed by atoms with Crippen LogP contribution in [0.1, 0.15) is 32.6 Å². The van der Waals surface area contributed by atoms with Crippen LogP contribution in [0.3, 0.4) is 0 Å². The van der Waals surface area contributed by atoms with Gasteiger partial charge in [-0.1, -0.05) is 6.07 Å². The van der Waals surface area contributed by atoms with Crippen molar-refractivity contribution in [2.75, 3.05) is 31.6 Å². The van der Waals surface area contributed by atoms with Crippen molar-refractivity contribution in [3.63, 3.8) is 0 Å². The molecule has 23 heavy (non-hydrogen) atoms. The van der Waals surface area contributed by atoms with Gasteiger partial charge >= 0.3 is 0 Å². The van der Waals surface area contributed by atoms with Crippen LogP contribution in [-0.2, 0) is 6.54 Å². The van der Waals surface area contributed by atoms with Crippen LogP contribution in [0.2, 0.25) is 0 Å². The Bertz CT molecular complexity index is 501. The Balaban J connectivity index is 2.20. The first-order valence-electron chi connectivity index (χ1n) is 8.44. The summed E-state index contributed by atoms with van der Waals surface area (Å²) in [6.07, 6.45) is 8.32. The summed E-state index contributed by atoms with van der Waals surface area (Å²) in [5, 5.41) is 6.63. The van der Waals surface area contributed by atoms with Crippen LogP contribution in [0.25, 0.3) is 0 Å². The molecule has 0 aliphatic carbocycles. The molecule has 0 radical (unpaired) electrons. The minimum Gasteiger partial charge on any atom is -0.357 e. The van der Waals surface area contributed by atoms with E-state index in [4.69, 9.17) is 0 Å². The zero-order chi connectivity index (χ0) is 16.8. The maximum absolute atomic E-state index is 11.6. The first-order valence-corrected chi connectivity index (χ1v) is 9.84. The first-order chi connectivity index (χ1) is 11.3. The van der Waals surface area contributed by atoms with Crippen LogP contribution < -0.4 is 16.2 Å². The highest BCUT2D eigenvalue weighted by Gasteiger charge is 1.98. The Morgan fingerprint density at radius 2 is 2.09 bits per heavy atom. The van der Waals surface area contributed by atoms with Crippen LogP contribution in [0.15, 0.2) is 34.2 Å². The molecule has 0 aliphatic rings. The highest BCUT2D eigenvalue weighted by atomic mass is 32.2. The second-order valence-electron chi connectivity index (χ2n) is 5.33. The first kappa shape index (κ1) is 19.6. The Morgan fingerprint density at radius 1 is 1.22 bits per heavy atom. The van der Waals surface area contributed by atoms with Gasteiger partial charge in [-0.25, -0.2) is 0 Å². The molecule has 6 heteroatoms. The topological polar surface area (TPSA) is 58.4 Å². The Labute approximate surface area is 144 Å². The maximum atomic E-state index is 11.6. The van der Waals surface area contributed by atoms with E-state index in [9.17, 15) is 4.79 Å². The molecule has 0 saturated heterocycles. The van der Waals surface area contributed by atoms with Gasteiger partial charge < -0.3 is 15.2 Å². The Hall–Kier alpha value is -1.43. The number of nitrogens with zero attached hydrogens (tertiary/aromatic N) is 2. The van der Waals surface area contributed by atoms with E-state index >= 15 is 0 Å². The van der Waals surface area contributed by atoms with Gasteiger partial charge in [0, 0.05) is 38.4 Å². The number of unbranched alkanes of at least 4 members (excludes halogenated alkanes) is 2. The van der Waals surface area contributed by atoms with E-state index < -0.39 is 0 Å². The summed E-state index contributed by atoms with van der Waals surface area (Å²) in [6, 6.07) is 5.27. The number of aliphatic imine (C=N–C) groups is 1. The van der Waals surface area contributed by atoms with Crippen molar-refractivity contribution in [2.24, 2.45) is 4.99 Å². The highest BCUT2D eigenvalue weighted by Crippen LogP contribution is 1.99. The minimum atomic E-state index is 0.0700. The van der Waals surface area contributed by atoms with Gasteiger partial charge in [0.25, 0.3) is 0 Å². The van der Waals surface area contributed by atoms with Gasteiger partial charge in [0.2, 0.25) is 5.56 Å². The van der Waals surface area contributed by atoms with Crippen LogP contribution in [0.4, 0.5) is 0 Å². The second kappa shape index (κ2) is 13.0. The zero-order valence-electron chi connectivity index (χ0n) is 14.4. The van der Waals surface area contributed by atoms with Gasteiger partial charge in [-0.05, 0) is 50.7 Å². The van der Waals surface area contributed by atoms with E-state index in [1.807, 2.05) is 24.0 Å². The molecule has 0 bridgehead atoms. The normalized spacial score (nSPS) is 11.5. The van der Waals surface area contributed by atoms with Gasteiger partial charge in [-0.3, -0.25) is 9.79 Å². The van der Waals surface area contributed by atoms with E-state index in [2.05, 4.69) is 28.8 Å². The molecule has 0 atom stereocenters. The third kappa shape index (κ3) is 9.33. The lowest BCUT2D eigenvalue weighted by Crippen LogP contribution is -2.38. The third-order valence-electron chi connectivity index (χ3n) is 3.39. The lowest BCUT2D eigenvalue weighted by atomic mass is 10.3. The number of pyridine rings is 1. The molecule has 130 valence electrons. The van der Waals surface area contributed by atoms with Crippen molar-refractivity contribution in [1.82, 2.24) is 15.2 Å². The average Bonchev–Trinajstić information content (AvgIpc) is 2.55. The fourth-order valence-corrected chi connectivity index (χ4v) is 2.64. The number of guanidine groups is 1. The summed E-state index contributed by atoms with van der Waals surface area (Å²) in [7, 11) is 0. The van der Waals surface area contributed by atoms with E-state index in [-0.39, 0.29) is 5.56 Å². The van der Waals surface area contributed by atoms with Gasteiger partial charge in [-0.2, -0.15) is 11.8 Å². The maximum Gasteiger partial charge on any atom is 0.250 e. The third-order valence-corrected chi connectivity index (χ3v) is 4.08. The van der Waals surface area contributed by atoms with Crippen LogP contribution in [-0.4, -0.2) is 42.2 Å². The lowest BCUT2D eigenvalue weighted by molar-refractivity contribution is 0.585. The number of aromatic nitrogens is 1. The molecule has 0 spiro atoms. The minimum absolute atomic E-state index is 0.0700. The SMILES string of the molecule is CCNC(=NCCCCSC)NCCCCn1ccccc1=O. The lowest BCUT2D eigenvalue weighted by Gasteiger charge is -2.11. The second-order valence-corrected chi connectivity index (χ2v) is 6.31. The molecule has 2 N–H and O–H groups in total. The molecular formula is C17H30N4OS. The summed E-state index contributed by atoms with van der Waals surface area (Å²) < 4.78 is 1.75. The predicted molar refractivity (Wildman–Crippen MR) is 102 cm³/mol. The summed E-state index contributed by atoms with van der Waals surface area (Å²) in [6.45, 7) is 5.46. The van der Waals surface area contributed by atoms with Crippen molar-refractivity contribution in [2.45, 2.75) is 39.2 Å². The van der Waals surface area contributed by atoms with Gasteiger partial charge in [-0.15, -0.1) is 0 Å². The van der Waals surface area contributed by atoms with Crippen LogP contribution in [0, 0.1) is 0 Å². The molecule has 1 aromatic rings. The predicted octanol–water partition coefficient (Wildman–Crippen LogP) is 2.33. The van der Waals surface area contributed by atoms with Crippen molar-refractivity contribution in [3.8, 4) is 0 Å². The van der Waals surface area contributed by atoms with E-state index in [0.717, 1.165) is 51.4 Å². The molecule has 0 aromatic carbocycles. The number of thioether (sulfide) groups is 1. The smallest absolute Gasteiger partial charge is 0.250 e. The van der Waals surface area contributed by atoms with Crippen LogP contribution in [0.5, 0.6) is 0 Å². The fourth-order valence-electron chi connectivity index (χ4n) is 2.15. The van der Waals surface area contributed by atoms with Crippen molar-refractivity contribution < 1.29 is 0 Å². The van der Waals surface area contributed by atoms with Crippen LogP contribution >= 0.6 is 11.8 Å². The summed E-state index contributed by atoms with van der Waals surface area (Å²) >= 11 is 1.89. The molecule has 0 saturated carbocycles. The monoisotopic (exact) mass is 338 g/mol. The number of aryl methyl sites for hydroxylation is 1. The van der Waals surface area contributed by atoms with E-state index in [1.54, 1.807) is 16.7 Å². The number of nitrogens with one attached hydrogen (secondary N) is 2. The van der Waals surface area contributed by atoms with Gasteiger partial charge in [0.1, 0.15) is 0 Å². The van der Waals surface area contributed by atoms with Crippen molar-refractivity contribution >= 4 is 17.7 Å². The Morgan fingerprint density at radius 3 is 2.83 bits per heavy atom. The largest absolute Gasteiger partial charge is 0.357 e. The standard InChI is InChI=1S/C17H30N4OS/c1-3-18-17(20-12-6-9-15-23-2)19-11-5-8-14-21-13-7-4-10-16(21)22/h4,7,10,13H,3,5-6,8-9,11-12,14-15H2,1-2H3,(H2,18,19,20). The number of hydrogen-bond donors (Lipinski definition) is 2. The molecule has 1 rings (SSSR count). The van der Waals surface area contributed by atoms with Gasteiger partial charge in [0.15, 0.2) is 5.96 Å². The van der Waals surface area contributed by atoms with Gasteiger partial charge in [0.05, 0.1) is 0 Å². The average molecular weight is 339 g/mol. The molecule has 0 fully saturated rings. The molecule has 1 heterocycles. The van der Waals surface area contributed by atoms with Crippen molar-refractivity contribution in [3.05, 3.63) is 34.7 Å². The zero-order valence-corrected chi connectivity index (χ0v) is 15.2. The molecular weight excluding hydrogens is 308 g/mol. The quantitative estimate of drug-likeness (QED) is 0.369. The Kier molecular flexibility index (Phi) is 11.1.